The number of nitrogens with one attached hydrogen (secondary N) is 1. The van der Waals surface area contributed by atoms with E-state index in [0.717, 1.165) is 30.2 Å². The van der Waals surface area contributed by atoms with Crippen LogP contribution in [0.1, 0.15) is 29.5 Å². The Bertz CT molecular complexity index is 1170. The van der Waals surface area contributed by atoms with Crippen LogP contribution >= 0.6 is 0 Å². The van der Waals surface area contributed by atoms with Gasteiger partial charge in [0.1, 0.15) is 5.82 Å². The van der Waals surface area contributed by atoms with Gasteiger partial charge in [0.25, 0.3) is 0 Å². The van der Waals surface area contributed by atoms with Gasteiger partial charge in [-0.05, 0) is 55.9 Å². The van der Waals surface area contributed by atoms with Crippen molar-refractivity contribution in [3.05, 3.63) is 89.5 Å². The topological polar surface area (TPSA) is 29.9 Å². The van der Waals surface area contributed by atoms with Crippen molar-refractivity contribution >= 4 is 5.82 Å². The molecule has 0 unspecified atom stereocenters. The zero-order chi connectivity index (χ0) is 20.5. The molecule has 4 aromatic rings. The Kier molecular flexibility index (Phi) is 4.88. The summed E-state index contributed by atoms with van der Waals surface area (Å²) in [5.74, 6) is 1.15. The molecule has 0 radical (unpaired) electrons. The molecule has 0 fully saturated rings. The van der Waals surface area contributed by atoms with Gasteiger partial charge in [-0.1, -0.05) is 72.3 Å². The third-order valence-electron chi connectivity index (χ3n) is 5.98. The third kappa shape index (κ3) is 3.41. The Hall–Kier alpha value is -3.33. The first-order valence-electron chi connectivity index (χ1n) is 10.8. The fourth-order valence-corrected chi connectivity index (χ4v) is 4.40. The Balaban J connectivity index is 1.61. The monoisotopic (exact) mass is 393 g/mol. The van der Waals surface area contributed by atoms with Crippen molar-refractivity contribution < 1.29 is 0 Å². The second-order valence-corrected chi connectivity index (χ2v) is 8.20. The lowest BCUT2D eigenvalue weighted by atomic mass is 10.00. The smallest absolute Gasteiger partial charge is 0.133 e. The Morgan fingerprint density at radius 1 is 0.800 bits per heavy atom. The van der Waals surface area contributed by atoms with Crippen LogP contribution in [-0.4, -0.2) is 16.3 Å². The molecule has 3 heteroatoms. The summed E-state index contributed by atoms with van der Waals surface area (Å²) in [5.41, 5.74) is 9.76. The minimum atomic E-state index is 0.996. The molecule has 0 aliphatic carbocycles. The van der Waals surface area contributed by atoms with E-state index >= 15 is 0 Å². The first kappa shape index (κ1) is 18.7. The van der Waals surface area contributed by atoms with Crippen molar-refractivity contribution in [1.82, 2.24) is 9.78 Å². The molecule has 2 heterocycles. The molecule has 0 saturated heterocycles. The van der Waals surface area contributed by atoms with Gasteiger partial charge in [0.2, 0.25) is 0 Å². The summed E-state index contributed by atoms with van der Waals surface area (Å²) in [4.78, 5) is 0. The lowest BCUT2D eigenvalue weighted by Gasteiger charge is -2.12. The molecule has 0 saturated carbocycles. The molecule has 0 spiro atoms. The van der Waals surface area contributed by atoms with Crippen LogP contribution in [0.5, 0.6) is 0 Å². The van der Waals surface area contributed by atoms with Crippen LogP contribution in [0.4, 0.5) is 5.82 Å². The maximum absolute atomic E-state index is 5.12. The van der Waals surface area contributed by atoms with E-state index in [4.69, 9.17) is 5.10 Å². The minimum Gasteiger partial charge on any atom is -0.370 e. The van der Waals surface area contributed by atoms with Gasteiger partial charge in [0.05, 0.1) is 11.4 Å². The highest BCUT2D eigenvalue weighted by atomic mass is 15.3. The number of nitrogens with zero attached hydrogens (tertiary/aromatic N) is 2. The summed E-state index contributed by atoms with van der Waals surface area (Å²) in [7, 11) is 0. The van der Waals surface area contributed by atoms with E-state index in [2.05, 4.69) is 96.6 Å². The maximum atomic E-state index is 5.12. The number of anilines is 1. The van der Waals surface area contributed by atoms with Crippen molar-refractivity contribution in [3.8, 4) is 28.1 Å². The molecule has 1 aromatic heterocycles. The SMILES string of the molecule is Cc1ccc(-n2nc(-c3ccc(-c4ccccc4)cc3)c3c2NCCCC3)c(C)c1. The third-order valence-corrected chi connectivity index (χ3v) is 5.98. The van der Waals surface area contributed by atoms with Crippen molar-refractivity contribution in [3.63, 3.8) is 0 Å². The van der Waals surface area contributed by atoms with Crippen LogP contribution in [0.25, 0.3) is 28.1 Å². The highest BCUT2D eigenvalue weighted by Gasteiger charge is 2.22. The summed E-state index contributed by atoms with van der Waals surface area (Å²) in [6.45, 7) is 5.30. The molecular weight excluding hydrogens is 366 g/mol. The van der Waals surface area contributed by atoms with Gasteiger partial charge < -0.3 is 5.32 Å². The normalized spacial score (nSPS) is 13.4. The van der Waals surface area contributed by atoms with Crippen LogP contribution in [0.3, 0.4) is 0 Å². The first-order valence-corrected chi connectivity index (χ1v) is 10.8. The molecule has 0 atom stereocenters. The van der Waals surface area contributed by atoms with Gasteiger partial charge in [-0.3, -0.25) is 0 Å². The number of rotatable bonds is 3. The summed E-state index contributed by atoms with van der Waals surface area (Å²) < 4.78 is 2.12. The van der Waals surface area contributed by atoms with Crippen LogP contribution in [-0.2, 0) is 6.42 Å². The second-order valence-electron chi connectivity index (χ2n) is 8.20. The number of hydrogen-bond acceptors (Lipinski definition) is 2. The van der Waals surface area contributed by atoms with Crippen LogP contribution < -0.4 is 5.32 Å². The average Bonchev–Trinajstić information content (AvgIpc) is 2.95. The van der Waals surface area contributed by atoms with E-state index in [1.165, 1.54) is 46.2 Å². The lowest BCUT2D eigenvalue weighted by Crippen LogP contribution is -2.08. The molecule has 1 aliphatic rings. The predicted molar refractivity (Wildman–Crippen MR) is 125 cm³/mol. The lowest BCUT2D eigenvalue weighted by molar-refractivity contribution is 0.779. The molecular formula is C27H27N3. The van der Waals surface area contributed by atoms with Gasteiger partial charge in [-0.15, -0.1) is 0 Å². The van der Waals surface area contributed by atoms with E-state index in [9.17, 15) is 0 Å². The summed E-state index contributed by atoms with van der Waals surface area (Å²) in [6, 6.07) is 25.9. The molecule has 1 N–H and O–H groups in total. The molecule has 5 rings (SSSR count). The molecule has 150 valence electrons. The molecule has 1 aliphatic heterocycles. The van der Waals surface area contributed by atoms with Crippen molar-refractivity contribution in [2.45, 2.75) is 33.1 Å². The molecule has 3 nitrogen and oxygen atoms in total. The van der Waals surface area contributed by atoms with Gasteiger partial charge in [-0.25, -0.2) is 4.68 Å². The standard InChI is InChI=1S/C27H27N3/c1-19-11-16-25(20(2)18-19)30-27-24(10-6-7-17-28-27)26(29-30)23-14-12-22(13-15-23)21-8-4-3-5-9-21/h3-5,8-9,11-16,18,28H,6-7,10,17H2,1-2H3. The molecule has 3 aromatic carbocycles. The Labute approximate surface area is 178 Å². The van der Waals surface area contributed by atoms with Gasteiger partial charge in [-0.2, -0.15) is 5.10 Å². The van der Waals surface area contributed by atoms with Crippen LogP contribution in [0.2, 0.25) is 0 Å². The van der Waals surface area contributed by atoms with Gasteiger partial charge in [0.15, 0.2) is 0 Å². The number of fused-ring (bicyclic) bond motifs is 1. The summed E-state index contributed by atoms with van der Waals surface area (Å²) in [5, 5.41) is 8.78. The number of hydrogen-bond donors (Lipinski definition) is 1. The maximum Gasteiger partial charge on any atom is 0.133 e. The van der Waals surface area contributed by atoms with E-state index < -0.39 is 0 Å². The van der Waals surface area contributed by atoms with Crippen molar-refractivity contribution in [2.24, 2.45) is 0 Å². The fraction of sp³-hybridized carbons (Fsp3) is 0.222. The number of aromatic nitrogens is 2. The molecule has 0 bridgehead atoms. The predicted octanol–water partition coefficient (Wildman–Crippen LogP) is 6.57. The van der Waals surface area contributed by atoms with Crippen LogP contribution in [0.15, 0.2) is 72.8 Å². The first-order chi connectivity index (χ1) is 14.7. The van der Waals surface area contributed by atoms with E-state index in [1.807, 2.05) is 0 Å². The van der Waals surface area contributed by atoms with Gasteiger partial charge >= 0.3 is 0 Å². The van der Waals surface area contributed by atoms with Crippen LogP contribution in [0, 0.1) is 13.8 Å². The molecule has 30 heavy (non-hydrogen) atoms. The van der Waals surface area contributed by atoms with E-state index in [0.29, 0.717) is 0 Å². The highest BCUT2D eigenvalue weighted by Crippen LogP contribution is 2.35. The average molecular weight is 394 g/mol. The number of benzene rings is 3. The largest absolute Gasteiger partial charge is 0.370 e. The fourth-order valence-electron chi connectivity index (χ4n) is 4.40. The summed E-state index contributed by atoms with van der Waals surface area (Å²) in [6.07, 6.45) is 3.44. The Morgan fingerprint density at radius 3 is 2.30 bits per heavy atom. The van der Waals surface area contributed by atoms with Crippen molar-refractivity contribution in [1.29, 1.82) is 0 Å². The van der Waals surface area contributed by atoms with E-state index in [1.54, 1.807) is 0 Å². The van der Waals surface area contributed by atoms with Crippen molar-refractivity contribution in [2.75, 3.05) is 11.9 Å². The Morgan fingerprint density at radius 2 is 1.53 bits per heavy atom. The zero-order valence-electron chi connectivity index (χ0n) is 17.7. The number of aryl methyl sites for hydroxylation is 2. The summed E-state index contributed by atoms with van der Waals surface area (Å²) >= 11 is 0. The van der Waals surface area contributed by atoms with E-state index in [-0.39, 0.29) is 0 Å². The highest BCUT2D eigenvalue weighted by molar-refractivity contribution is 5.74. The zero-order valence-corrected chi connectivity index (χ0v) is 17.7. The quantitative estimate of drug-likeness (QED) is 0.426. The minimum absolute atomic E-state index is 0.996. The second kappa shape index (κ2) is 7.83. The molecule has 0 amide bonds. The van der Waals surface area contributed by atoms with Gasteiger partial charge in [0, 0.05) is 17.7 Å².